The van der Waals surface area contributed by atoms with E-state index < -0.39 is 57.7 Å². The Bertz CT molecular complexity index is 1430. The summed E-state index contributed by atoms with van der Waals surface area (Å²) in [5.41, 5.74) is 5.32. The quantitative estimate of drug-likeness (QED) is 0.0133. The van der Waals surface area contributed by atoms with Crippen molar-refractivity contribution in [3.05, 3.63) is 97.2 Å². The second kappa shape index (κ2) is 39.5. The van der Waals surface area contributed by atoms with Crippen LogP contribution in [-0.2, 0) is 42.3 Å². The smallest absolute Gasteiger partial charge is 0.472 e. The zero-order chi connectivity index (χ0) is 43.7. The molecule has 0 saturated heterocycles. The zero-order valence-corrected chi connectivity index (χ0v) is 36.4. The van der Waals surface area contributed by atoms with E-state index in [1.165, 1.54) is 0 Å². The summed E-state index contributed by atoms with van der Waals surface area (Å²) in [6.45, 7) is 2.39. The van der Waals surface area contributed by atoms with E-state index in [0.717, 1.165) is 89.9 Å². The number of carbonyl (C=O) groups is 4. The van der Waals surface area contributed by atoms with Crippen molar-refractivity contribution in [2.45, 2.75) is 148 Å². The Balaban J connectivity index is 4.58. The van der Waals surface area contributed by atoms with Gasteiger partial charge in [-0.1, -0.05) is 137 Å². The van der Waals surface area contributed by atoms with Gasteiger partial charge in [-0.15, -0.1) is 0 Å². The Kier molecular flexibility index (Phi) is 36.9. The number of allylic oxidation sites excluding steroid dienone is 16. The third kappa shape index (κ3) is 39.3. The summed E-state index contributed by atoms with van der Waals surface area (Å²) in [6, 6.07) is -1.55. The third-order valence-corrected chi connectivity index (χ3v) is 9.26. The molecule has 0 spiro atoms. The van der Waals surface area contributed by atoms with Crippen LogP contribution in [0.1, 0.15) is 136 Å². The minimum absolute atomic E-state index is 0.0731. The first-order chi connectivity index (χ1) is 28.5. The summed E-state index contributed by atoms with van der Waals surface area (Å²) in [7, 11) is -4.76. The highest BCUT2D eigenvalue weighted by atomic mass is 31.2. The summed E-state index contributed by atoms with van der Waals surface area (Å²) in [5, 5.41) is 8.88. The van der Waals surface area contributed by atoms with Gasteiger partial charge in [0.25, 0.3) is 0 Å². The SMILES string of the molecule is CC/C=C\C/C=C\C/C=C\C/C=C\C/C=C\C/C=C\CCC(=O)OC[C@H](COP(=O)(O)OC[C@H](N)C(=O)O)OC(=O)CCCCCCC/C=C\C=C\C(=O)CCCCC. The fourth-order valence-corrected chi connectivity index (χ4v) is 5.73. The number of aliphatic carboxylic acids is 1. The maximum atomic E-state index is 12.6. The molecule has 0 aliphatic carbocycles. The maximum absolute atomic E-state index is 12.6. The van der Waals surface area contributed by atoms with Crippen molar-refractivity contribution in [1.29, 1.82) is 0 Å². The van der Waals surface area contributed by atoms with Gasteiger partial charge in [0.2, 0.25) is 0 Å². The number of phosphoric ester groups is 1. The molecule has 0 rings (SSSR count). The van der Waals surface area contributed by atoms with Gasteiger partial charge in [-0.05, 0) is 76.7 Å². The molecule has 0 aliphatic rings. The van der Waals surface area contributed by atoms with Crippen LogP contribution >= 0.6 is 7.82 Å². The number of hydrogen-bond acceptors (Lipinski definition) is 10. The van der Waals surface area contributed by atoms with Gasteiger partial charge in [-0.2, -0.15) is 0 Å². The van der Waals surface area contributed by atoms with Gasteiger partial charge in [0.05, 0.1) is 13.2 Å². The summed E-state index contributed by atoms with van der Waals surface area (Å²) < 4.78 is 32.5. The van der Waals surface area contributed by atoms with Gasteiger partial charge in [-0.25, -0.2) is 4.57 Å². The monoisotopic (exact) mass is 845 g/mol. The molecule has 0 aromatic carbocycles. The van der Waals surface area contributed by atoms with Gasteiger partial charge < -0.3 is 25.2 Å². The van der Waals surface area contributed by atoms with Crippen LogP contribution in [0.3, 0.4) is 0 Å². The van der Waals surface area contributed by atoms with E-state index in [1.807, 2.05) is 30.4 Å². The Morgan fingerprint density at radius 2 is 1.14 bits per heavy atom. The Morgan fingerprint density at radius 3 is 1.73 bits per heavy atom. The van der Waals surface area contributed by atoms with Gasteiger partial charge in [0, 0.05) is 19.3 Å². The molecule has 59 heavy (non-hydrogen) atoms. The number of unbranched alkanes of at least 4 members (excludes halogenated alkanes) is 7. The third-order valence-electron chi connectivity index (χ3n) is 8.31. The molecule has 0 aliphatic heterocycles. The van der Waals surface area contributed by atoms with Gasteiger partial charge >= 0.3 is 25.7 Å². The van der Waals surface area contributed by atoms with Crippen molar-refractivity contribution in [3.63, 3.8) is 0 Å². The highest BCUT2D eigenvalue weighted by Gasteiger charge is 2.28. The normalized spacial score (nSPS) is 14.6. The number of hydrogen-bond donors (Lipinski definition) is 3. The molecule has 13 heteroatoms. The lowest BCUT2D eigenvalue weighted by Gasteiger charge is -2.20. The molecule has 332 valence electrons. The Morgan fingerprint density at radius 1 is 0.593 bits per heavy atom. The van der Waals surface area contributed by atoms with E-state index in [4.69, 9.17) is 24.8 Å². The molecule has 4 N–H and O–H groups in total. The average Bonchev–Trinajstić information content (AvgIpc) is 3.20. The molecular weight excluding hydrogens is 773 g/mol. The average molecular weight is 846 g/mol. The number of phosphoric acid groups is 1. The standard InChI is InChI=1S/C46H72NO11P/c1-3-5-7-8-9-10-11-12-13-14-15-16-17-18-19-22-25-28-32-36-44(49)55-38-42(39-56-59(53,54)57-40-43(47)46(51)52)58-45(50)37-33-29-26-23-20-21-24-27-31-35-41(48)34-30-6-4-2/h5,7,9-10,12-13,15-16,18-19,24-25,27-28,31,35,42-43H,3-4,6,8,11,14,17,20-23,26,29-30,32-34,36-40,47H2,1-2H3,(H,51,52)(H,53,54)/b7-5-,10-9-,13-12-,16-15-,19-18-,27-24-,28-25-,35-31+/t42-,43+/m1/s1. The van der Waals surface area contributed by atoms with Gasteiger partial charge in [0.15, 0.2) is 11.9 Å². The van der Waals surface area contributed by atoms with Crippen molar-refractivity contribution in [1.82, 2.24) is 0 Å². The van der Waals surface area contributed by atoms with Gasteiger partial charge in [-0.3, -0.25) is 28.2 Å². The predicted molar refractivity (Wildman–Crippen MR) is 235 cm³/mol. The zero-order valence-electron chi connectivity index (χ0n) is 35.5. The molecule has 0 amide bonds. The number of esters is 2. The van der Waals surface area contributed by atoms with E-state index in [1.54, 1.807) is 12.2 Å². The highest BCUT2D eigenvalue weighted by Crippen LogP contribution is 2.43. The minimum atomic E-state index is -4.76. The maximum Gasteiger partial charge on any atom is 0.472 e. The van der Waals surface area contributed by atoms with Crippen molar-refractivity contribution < 1.29 is 52.3 Å². The van der Waals surface area contributed by atoms with Crippen molar-refractivity contribution in [3.8, 4) is 0 Å². The predicted octanol–water partition coefficient (Wildman–Crippen LogP) is 10.5. The Labute approximate surface area is 353 Å². The summed E-state index contributed by atoms with van der Waals surface area (Å²) in [5.74, 6) is -2.43. The van der Waals surface area contributed by atoms with Crippen LogP contribution in [-0.4, -0.2) is 65.7 Å². The van der Waals surface area contributed by atoms with Crippen LogP contribution in [0.5, 0.6) is 0 Å². The summed E-state index contributed by atoms with van der Waals surface area (Å²) in [6.07, 6.45) is 46.1. The first kappa shape index (κ1) is 55.1. The van der Waals surface area contributed by atoms with Crippen LogP contribution in [0.15, 0.2) is 97.2 Å². The minimum Gasteiger partial charge on any atom is -0.480 e. The molecule has 0 bridgehead atoms. The number of ketones is 1. The van der Waals surface area contributed by atoms with E-state index >= 15 is 0 Å². The van der Waals surface area contributed by atoms with Crippen LogP contribution < -0.4 is 5.73 Å². The number of carboxylic acids is 1. The molecule has 1 unspecified atom stereocenters. The Hall–Kier alpha value is -3.93. The number of carbonyl (C=O) groups excluding carboxylic acids is 3. The molecule has 0 aromatic heterocycles. The van der Waals surface area contributed by atoms with Gasteiger partial charge in [0.1, 0.15) is 12.6 Å². The molecule has 0 saturated carbocycles. The van der Waals surface area contributed by atoms with Crippen LogP contribution in [0, 0.1) is 0 Å². The molecule has 3 atom stereocenters. The fraction of sp³-hybridized carbons (Fsp3) is 0.565. The van der Waals surface area contributed by atoms with Crippen LogP contribution in [0.4, 0.5) is 0 Å². The largest absolute Gasteiger partial charge is 0.480 e. The topological polar surface area (TPSA) is 189 Å². The second-order valence-corrected chi connectivity index (χ2v) is 15.2. The van der Waals surface area contributed by atoms with Crippen molar-refractivity contribution in [2.24, 2.45) is 5.73 Å². The van der Waals surface area contributed by atoms with Crippen molar-refractivity contribution in [2.75, 3.05) is 19.8 Å². The number of ether oxygens (including phenoxy) is 2. The van der Waals surface area contributed by atoms with E-state index in [2.05, 4.69) is 73.1 Å². The molecular formula is C46H72NO11P. The number of nitrogens with two attached hydrogens (primary N) is 1. The summed E-state index contributed by atoms with van der Waals surface area (Å²) in [4.78, 5) is 57.6. The molecule has 0 heterocycles. The van der Waals surface area contributed by atoms with E-state index in [9.17, 15) is 28.6 Å². The molecule has 0 fully saturated rings. The van der Waals surface area contributed by atoms with E-state index in [-0.39, 0.29) is 18.6 Å². The number of rotatable bonds is 38. The van der Waals surface area contributed by atoms with Crippen LogP contribution in [0.2, 0.25) is 0 Å². The number of carboxylic acid groups (broad SMARTS) is 1. The molecule has 12 nitrogen and oxygen atoms in total. The fourth-order valence-electron chi connectivity index (χ4n) is 4.95. The second-order valence-electron chi connectivity index (χ2n) is 13.8. The lowest BCUT2D eigenvalue weighted by molar-refractivity contribution is -0.161. The lowest BCUT2D eigenvalue weighted by Crippen LogP contribution is -2.34. The molecule has 0 radical (unpaired) electrons. The highest BCUT2D eigenvalue weighted by molar-refractivity contribution is 7.47. The lowest BCUT2D eigenvalue weighted by atomic mass is 10.1. The summed E-state index contributed by atoms with van der Waals surface area (Å²) >= 11 is 0. The van der Waals surface area contributed by atoms with Crippen molar-refractivity contribution >= 4 is 31.5 Å². The first-order valence-electron chi connectivity index (χ1n) is 21.2. The first-order valence-corrected chi connectivity index (χ1v) is 22.7. The molecule has 0 aromatic rings. The van der Waals surface area contributed by atoms with Crippen LogP contribution in [0.25, 0.3) is 0 Å². The van der Waals surface area contributed by atoms with E-state index in [0.29, 0.717) is 19.3 Å².